The van der Waals surface area contributed by atoms with Crippen molar-refractivity contribution in [1.82, 2.24) is 0 Å². The van der Waals surface area contributed by atoms with E-state index in [0.29, 0.717) is 0 Å². The van der Waals surface area contributed by atoms with Crippen LogP contribution < -0.4 is 4.90 Å². The van der Waals surface area contributed by atoms with Gasteiger partial charge in [0.1, 0.15) is 0 Å². The van der Waals surface area contributed by atoms with Crippen molar-refractivity contribution in [3.05, 3.63) is 198 Å². The predicted octanol–water partition coefficient (Wildman–Crippen LogP) is 15.7. The van der Waals surface area contributed by atoms with Crippen molar-refractivity contribution in [3.63, 3.8) is 0 Å². The molecule has 3 saturated carbocycles. The van der Waals surface area contributed by atoms with E-state index in [-0.39, 0.29) is 10.8 Å². The summed E-state index contributed by atoms with van der Waals surface area (Å²) in [6.07, 6.45) is 7.08. The third kappa shape index (κ3) is 4.70. The highest BCUT2D eigenvalue weighted by Crippen LogP contribution is 2.76. The first kappa shape index (κ1) is 34.7. The molecule has 60 heavy (non-hydrogen) atoms. The number of fused-ring (bicyclic) bond motifs is 14. The molecule has 290 valence electrons. The van der Waals surface area contributed by atoms with Crippen LogP contribution in [0.5, 0.6) is 0 Å². The van der Waals surface area contributed by atoms with Crippen LogP contribution in [-0.2, 0) is 10.8 Å². The van der Waals surface area contributed by atoms with Crippen molar-refractivity contribution >= 4 is 27.8 Å². The lowest BCUT2D eigenvalue weighted by atomic mass is 9.80. The second-order valence-electron chi connectivity index (χ2n) is 19.2. The van der Waals surface area contributed by atoms with Gasteiger partial charge >= 0.3 is 0 Å². The van der Waals surface area contributed by atoms with Crippen LogP contribution in [0.4, 0.5) is 17.1 Å². The Bertz CT molecular complexity index is 3000. The Morgan fingerprint density at radius 1 is 0.433 bits per heavy atom. The molecular weight excluding hydrogens is 723 g/mol. The van der Waals surface area contributed by atoms with E-state index in [1.807, 2.05) is 0 Å². The highest BCUT2D eigenvalue weighted by Gasteiger charge is 2.70. The van der Waals surface area contributed by atoms with Crippen molar-refractivity contribution < 1.29 is 0 Å². The molecule has 8 aromatic rings. The van der Waals surface area contributed by atoms with Crippen molar-refractivity contribution in [2.24, 2.45) is 23.7 Å². The molecule has 5 aliphatic carbocycles. The van der Waals surface area contributed by atoms with Gasteiger partial charge in [0.05, 0.1) is 11.4 Å². The number of hydrogen-bond acceptors (Lipinski definition) is 1. The summed E-state index contributed by atoms with van der Waals surface area (Å²) in [6, 6.07) is 67.0. The van der Waals surface area contributed by atoms with E-state index in [0.717, 1.165) is 29.4 Å². The lowest BCUT2D eigenvalue weighted by Crippen LogP contribution is -2.16. The Morgan fingerprint density at radius 3 is 1.75 bits per heavy atom. The number of benzene rings is 8. The molecular formula is C59H49N. The van der Waals surface area contributed by atoms with Crippen LogP contribution in [0.2, 0.25) is 0 Å². The Morgan fingerprint density at radius 2 is 0.983 bits per heavy atom. The lowest BCUT2D eigenvalue weighted by Gasteiger charge is -2.31. The van der Waals surface area contributed by atoms with Gasteiger partial charge in [0.15, 0.2) is 0 Å². The summed E-state index contributed by atoms with van der Waals surface area (Å²) < 4.78 is 0. The first-order valence-corrected chi connectivity index (χ1v) is 22.5. The monoisotopic (exact) mass is 771 g/mol. The zero-order valence-corrected chi connectivity index (χ0v) is 34.5. The summed E-state index contributed by atoms with van der Waals surface area (Å²) >= 11 is 0. The van der Waals surface area contributed by atoms with Crippen LogP contribution in [0.1, 0.15) is 68.2 Å². The van der Waals surface area contributed by atoms with Gasteiger partial charge in [-0.3, -0.25) is 0 Å². The van der Waals surface area contributed by atoms with Crippen molar-refractivity contribution in [1.29, 1.82) is 0 Å². The zero-order valence-electron chi connectivity index (χ0n) is 34.5. The Labute approximate surface area is 354 Å². The first-order chi connectivity index (χ1) is 29.5. The molecule has 1 heteroatoms. The minimum atomic E-state index is -0.109. The maximum absolute atomic E-state index is 2.59. The molecule has 3 fully saturated rings. The van der Waals surface area contributed by atoms with Crippen LogP contribution in [0.3, 0.4) is 0 Å². The Hall–Kier alpha value is -6.18. The Balaban J connectivity index is 1.07. The molecule has 0 saturated heterocycles. The molecule has 8 aromatic carbocycles. The van der Waals surface area contributed by atoms with E-state index >= 15 is 0 Å². The number of rotatable bonds is 5. The summed E-state index contributed by atoms with van der Waals surface area (Å²) in [5.74, 6) is 3.23. The molecule has 5 aliphatic rings. The van der Waals surface area contributed by atoms with Crippen molar-refractivity contribution in [3.8, 4) is 44.5 Å². The van der Waals surface area contributed by atoms with E-state index in [1.165, 1.54) is 110 Å². The van der Waals surface area contributed by atoms with Crippen LogP contribution >= 0.6 is 0 Å². The molecule has 0 amide bonds. The predicted molar refractivity (Wildman–Crippen MR) is 250 cm³/mol. The second-order valence-corrected chi connectivity index (χ2v) is 19.2. The summed E-state index contributed by atoms with van der Waals surface area (Å²) in [7, 11) is 0. The summed E-state index contributed by atoms with van der Waals surface area (Å²) in [4.78, 5) is 2.59. The maximum atomic E-state index is 2.59. The zero-order chi connectivity index (χ0) is 39.7. The average Bonchev–Trinajstić information content (AvgIpc) is 3.47. The quantitative estimate of drug-likeness (QED) is 0.168. The van der Waals surface area contributed by atoms with Crippen LogP contribution in [0.25, 0.3) is 55.3 Å². The normalized spacial score (nSPS) is 23.4. The van der Waals surface area contributed by atoms with Gasteiger partial charge in [0.25, 0.3) is 0 Å². The van der Waals surface area contributed by atoms with Gasteiger partial charge in [-0.05, 0) is 134 Å². The molecule has 0 aromatic heterocycles. The minimum Gasteiger partial charge on any atom is -0.309 e. The molecule has 1 spiro atoms. The van der Waals surface area contributed by atoms with Crippen molar-refractivity contribution in [2.45, 2.75) is 56.8 Å². The number of hydrogen-bond donors (Lipinski definition) is 0. The first-order valence-electron chi connectivity index (χ1n) is 22.5. The highest BCUT2D eigenvalue weighted by molar-refractivity contribution is 6.10. The third-order valence-corrected chi connectivity index (χ3v) is 16.0. The summed E-state index contributed by atoms with van der Waals surface area (Å²) in [5, 5.41) is 2.59. The van der Waals surface area contributed by atoms with Gasteiger partial charge < -0.3 is 4.90 Å². The van der Waals surface area contributed by atoms with Gasteiger partial charge in [-0.25, -0.2) is 0 Å². The van der Waals surface area contributed by atoms with E-state index < -0.39 is 0 Å². The lowest BCUT2D eigenvalue weighted by molar-refractivity contribution is 0.438. The third-order valence-electron chi connectivity index (χ3n) is 16.0. The fourth-order valence-corrected chi connectivity index (χ4v) is 13.5. The molecule has 0 aliphatic heterocycles. The summed E-state index contributed by atoms with van der Waals surface area (Å²) in [6.45, 7) is 4.78. The van der Waals surface area contributed by atoms with E-state index in [9.17, 15) is 0 Å². The summed E-state index contributed by atoms with van der Waals surface area (Å²) in [5.41, 5.74) is 20.4. The van der Waals surface area contributed by atoms with Gasteiger partial charge in [-0.2, -0.15) is 0 Å². The smallest absolute Gasteiger partial charge is 0.0546 e. The van der Waals surface area contributed by atoms with Gasteiger partial charge in [-0.1, -0.05) is 178 Å². The van der Waals surface area contributed by atoms with Crippen LogP contribution in [0, 0.1) is 23.7 Å². The molecule has 4 atom stereocenters. The fraction of sp³-hybridized carbons (Fsp3) is 0.220. The van der Waals surface area contributed by atoms with Gasteiger partial charge in [-0.15, -0.1) is 0 Å². The average molecular weight is 772 g/mol. The molecule has 2 bridgehead atoms. The molecule has 0 radical (unpaired) electrons. The van der Waals surface area contributed by atoms with Gasteiger partial charge in [0, 0.05) is 27.5 Å². The standard InChI is InChI=1S/C59H49N/c1-58(2)48-23-8-7-19-47(48)56-50(58)25-13-27-54(56)60(42-32-30-40(31-33-42)39-14-4-3-5-15-39)53-26-11-17-41-16-10-20-44(55(41)53)46-22-12-21-45-43-18-6-9-24-49(43)59(57(45)46)51-35-37-28-29-38(34-37)36-52(51)59/h3-27,30-33,37-38,51-52H,28-29,34-36H2,1-2H3. The molecule has 4 unspecified atom stereocenters. The minimum absolute atomic E-state index is 0.101. The van der Waals surface area contributed by atoms with E-state index in [2.05, 4.69) is 195 Å². The molecule has 1 nitrogen and oxygen atoms in total. The topological polar surface area (TPSA) is 3.24 Å². The molecule has 0 N–H and O–H groups in total. The van der Waals surface area contributed by atoms with Crippen molar-refractivity contribution in [2.75, 3.05) is 4.90 Å². The van der Waals surface area contributed by atoms with Crippen LogP contribution in [0.15, 0.2) is 176 Å². The molecule has 0 heterocycles. The largest absolute Gasteiger partial charge is 0.309 e. The van der Waals surface area contributed by atoms with Crippen LogP contribution in [-0.4, -0.2) is 0 Å². The number of nitrogens with zero attached hydrogens (tertiary/aromatic N) is 1. The Kier molecular flexibility index (Phi) is 7.32. The SMILES string of the molecule is CC1(C)c2ccccc2-c2c(N(c3ccc(-c4ccccc4)cc3)c3cccc4cccc(-c5cccc6c5C5(c7ccccc7-6)C6CC7CCC(C7)CC65)c34)cccc21. The van der Waals surface area contributed by atoms with Gasteiger partial charge in [0.2, 0.25) is 0 Å². The van der Waals surface area contributed by atoms with E-state index in [4.69, 9.17) is 0 Å². The fourth-order valence-electron chi connectivity index (χ4n) is 13.5. The molecule has 13 rings (SSSR count). The highest BCUT2D eigenvalue weighted by atomic mass is 15.1. The second kappa shape index (κ2) is 12.7. The number of anilines is 3. The maximum Gasteiger partial charge on any atom is 0.0546 e. The van der Waals surface area contributed by atoms with E-state index in [1.54, 1.807) is 11.1 Å².